The van der Waals surface area contributed by atoms with Gasteiger partial charge in [-0.25, -0.2) is 0 Å². The topological polar surface area (TPSA) is 65.1 Å². The number of hydrogen-bond donors (Lipinski definition) is 2. The third kappa shape index (κ3) is 3.30. The van der Waals surface area contributed by atoms with E-state index in [0.29, 0.717) is 12.6 Å². The highest BCUT2D eigenvalue weighted by atomic mass is 16.5. The molecule has 0 aliphatic heterocycles. The summed E-state index contributed by atoms with van der Waals surface area (Å²) in [7, 11) is 1.66. The van der Waals surface area contributed by atoms with Crippen LogP contribution in [0.4, 0.5) is 5.69 Å². The van der Waals surface area contributed by atoms with Crippen LogP contribution in [0.5, 0.6) is 5.75 Å². The summed E-state index contributed by atoms with van der Waals surface area (Å²) in [5, 5.41) is 7.77. The summed E-state index contributed by atoms with van der Waals surface area (Å²) in [6, 6.07) is 8.20. The number of nitrogens with zero attached hydrogens (tertiary/aromatic N) is 2. The fourth-order valence-corrected chi connectivity index (χ4v) is 2.01. The molecule has 5 heteroatoms. The van der Waals surface area contributed by atoms with Crippen molar-refractivity contribution >= 4 is 5.69 Å². The molecule has 3 N–H and O–H groups in total. The lowest BCUT2D eigenvalue weighted by Gasteiger charge is -2.17. The van der Waals surface area contributed by atoms with Gasteiger partial charge in [0, 0.05) is 36.1 Å². The van der Waals surface area contributed by atoms with Crippen LogP contribution in [-0.4, -0.2) is 23.4 Å². The quantitative estimate of drug-likeness (QED) is 0.849. The van der Waals surface area contributed by atoms with Gasteiger partial charge in [0.15, 0.2) is 0 Å². The Balaban J connectivity index is 2.15. The minimum Gasteiger partial charge on any atom is -0.497 e. The number of hydrogen-bond acceptors (Lipinski definition) is 4. The molecule has 1 unspecified atom stereocenters. The van der Waals surface area contributed by atoms with E-state index in [0.717, 1.165) is 17.0 Å². The standard InChI is InChI=1S/C15H22N4O/c1-11(2)19-10-12(9-17-19)15(8-16)18-13-5-4-6-14(7-13)20-3/h4-7,9-11,15,18H,8,16H2,1-3H3. The highest BCUT2D eigenvalue weighted by molar-refractivity contribution is 5.49. The van der Waals surface area contributed by atoms with Crippen molar-refractivity contribution in [1.29, 1.82) is 0 Å². The van der Waals surface area contributed by atoms with Gasteiger partial charge in [-0.3, -0.25) is 4.68 Å². The van der Waals surface area contributed by atoms with Gasteiger partial charge >= 0.3 is 0 Å². The predicted octanol–water partition coefficient (Wildman–Crippen LogP) is 2.58. The largest absolute Gasteiger partial charge is 0.497 e. The minimum absolute atomic E-state index is 0.0367. The van der Waals surface area contributed by atoms with Gasteiger partial charge in [0.05, 0.1) is 19.3 Å². The summed E-state index contributed by atoms with van der Waals surface area (Å²) >= 11 is 0. The van der Waals surface area contributed by atoms with Crippen LogP contribution in [0.15, 0.2) is 36.7 Å². The molecule has 0 aliphatic carbocycles. The van der Waals surface area contributed by atoms with Crippen molar-refractivity contribution in [3.8, 4) is 5.75 Å². The molecule has 0 saturated heterocycles. The second kappa shape index (κ2) is 6.43. The van der Waals surface area contributed by atoms with Crippen molar-refractivity contribution in [2.45, 2.75) is 25.9 Å². The predicted molar refractivity (Wildman–Crippen MR) is 81.0 cm³/mol. The van der Waals surface area contributed by atoms with Crippen molar-refractivity contribution in [2.24, 2.45) is 5.73 Å². The summed E-state index contributed by atoms with van der Waals surface area (Å²) in [6.45, 7) is 4.70. The first-order valence-electron chi connectivity index (χ1n) is 6.78. The van der Waals surface area contributed by atoms with Crippen molar-refractivity contribution in [1.82, 2.24) is 9.78 Å². The van der Waals surface area contributed by atoms with Gasteiger partial charge in [-0.2, -0.15) is 5.10 Å². The smallest absolute Gasteiger partial charge is 0.120 e. The van der Waals surface area contributed by atoms with Crippen LogP contribution in [0.3, 0.4) is 0 Å². The van der Waals surface area contributed by atoms with E-state index in [1.54, 1.807) is 7.11 Å². The van der Waals surface area contributed by atoms with E-state index in [4.69, 9.17) is 10.5 Å². The van der Waals surface area contributed by atoms with Gasteiger partial charge in [-0.1, -0.05) is 6.07 Å². The Bertz CT molecular complexity index is 550. The van der Waals surface area contributed by atoms with Crippen LogP contribution in [0.2, 0.25) is 0 Å². The second-order valence-corrected chi connectivity index (χ2v) is 5.01. The van der Waals surface area contributed by atoms with E-state index < -0.39 is 0 Å². The molecule has 0 saturated carbocycles. The van der Waals surface area contributed by atoms with Gasteiger partial charge in [0.2, 0.25) is 0 Å². The lowest BCUT2D eigenvalue weighted by molar-refractivity contribution is 0.415. The maximum atomic E-state index is 5.88. The molecule has 2 rings (SSSR count). The number of nitrogens with two attached hydrogens (primary N) is 1. The number of anilines is 1. The zero-order chi connectivity index (χ0) is 14.5. The number of benzene rings is 1. The molecule has 1 aromatic heterocycles. The Morgan fingerprint density at radius 3 is 2.80 bits per heavy atom. The molecule has 1 heterocycles. The molecule has 0 aliphatic rings. The Kier molecular flexibility index (Phi) is 4.63. The molecule has 0 amide bonds. The number of methoxy groups -OCH3 is 1. The van der Waals surface area contributed by atoms with Gasteiger partial charge in [0.1, 0.15) is 5.75 Å². The van der Waals surface area contributed by atoms with E-state index in [2.05, 4.69) is 24.3 Å². The number of ether oxygens (including phenoxy) is 1. The van der Waals surface area contributed by atoms with E-state index in [1.165, 1.54) is 0 Å². The van der Waals surface area contributed by atoms with Crippen molar-refractivity contribution in [3.05, 3.63) is 42.2 Å². The number of aromatic nitrogens is 2. The molecular formula is C15H22N4O. The summed E-state index contributed by atoms with van der Waals surface area (Å²) < 4.78 is 7.16. The average Bonchev–Trinajstić information content (AvgIpc) is 2.95. The first-order chi connectivity index (χ1) is 9.63. The van der Waals surface area contributed by atoms with E-state index in [1.807, 2.05) is 41.3 Å². The van der Waals surface area contributed by atoms with Crippen LogP contribution >= 0.6 is 0 Å². The average molecular weight is 274 g/mol. The Morgan fingerprint density at radius 2 is 2.20 bits per heavy atom. The SMILES string of the molecule is COc1cccc(NC(CN)c2cnn(C(C)C)c2)c1. The normalized spacial score (nSPS) is 12.4. The first kappa shape index (κ1) is 14.4. The summed E-state index contributed by atoms with van der Waals surface area (Å²) in [6.07, 6.45) is 3.90. The molecule has 0 bridgehead atoms. The Hall–Kier alpha value is -2.01. The third-order valence-electron chi connectivity index (χ3n) is 3.20. The van der Waals surface area contributed by atoms with Crippen LogP contribution in [0.1, 0.15) is 31.5 Å². The van der Waals surface area contributed by atoms with Gasteiger partial charge in [0.25, 0.3) is 0 Å². The van der Waals surface area contributed by atoms with Crippen LogP contribution in [0.25, 0.3) is 0 Å². The summed E-state index contributed by atoms with van der Waals surface area (Å²) in [5.41, 5.74) is 7.95. The lowest BCUT2D eigenvalue weighted by atomic mass is 10.1. The molecule has 5 nitrogen and oxygen atoms in total. The molecule has 0 radical (unpaired) electrons. The summed E-state index contributed by atoms with van der Waals surface area (Å²) in [5.74, 6) is 0.823. The van der Waals surface area contributed by atoms with Crippen molar-refractivity contribution in [2.75, 3.05) is 19.0 Å². The highest BCUT2D eigenvalue weighted by Gasteiger charge is 2.13. The highest BCUT2D eigenvalue weighted by Crippen LogP contribution is 2.22. The molecule has 0 fully saturated rings. The lowest BCUT2D eigenvalue weighted by Crippen LogP contribution is -2.20. The second-order valence-electron chi connectivity index (χ2n) is 5.01. The fraction of sp³-hybridized carbons (Fsp3) is 0.400. The first-order valence-corrected chi connectivity index (χ1v) is 6.78. The van der Waals surface area contributed by atoms with Gasteiger partial charge < -0.3 is 15.8 Å². The molecule has 1 aromatic carbocycles. The number of nitrogens with one attached hydrogen (secondary N) is 1. The van der Waals surface area contributed by atoms with Crippen LogP contribution in [-0.2, 0) is 0 Å². The van der Waals surface area contributed by atoms with Crippen LogP contribution < -0.4 is 15.8 Å². The van der Waals surface area contributed by atoms with Gasteiger partial charge in [-0.05, 0) is 26.0 Å². The monoisotopic (exact) mass is 274 g/mol. The Morgan fingerprint density at radius 1 is 1.40 bits per heavy atom. The Labute approximate surface area is 119 Å². The van der Waals surface area contributed by atoms with Crippen molar-refractivity contribution in [3.63, 3.8) is 0 Å². The minimum atomic E-state index is 0.0367. The maximum Gasteiger partial charge on any atom is 0.120 e. The van der Waals surface area contributed by atoms with E-state index in [9.17, 15) is 0 Å². The van der Waals surface area contributed by atoms with Crippen molar-refractivity contribution < 1.29 is 4.74 Å². The van der Waals surface area contributed by atoms with Crippen LogP contribution in [0, 0.1) is 0 Å². The number of rotatable bonds is 6. The maximum absolute atomic E-state index is 5.88. The van der Waals surface area contributed by atoms with E-state index in [-0.39, 0.29) is 6.04 Å². The molecule has 0 spiro atoms. The fourth-order valence-electron chi connectivity index (χ4n) is 2.01. The molecular weight excluding hydrogens is 252 g/mol. The summed E-state index contributed by atoms with van der Waals surface area (Å²) in [4.78, 5) is 0. The zero-order valence-electron chi connectivity index (χ0n) is 12.2. The van der Waals surface area contributed by atoms with E-state index >= 15 is 0 Å². The molecule has 108 valence electrons. The zero-order valence-corrected chi connectivity index (χ0v) is 12.2. The third-order valence-corrected chi connectivity index (χ3v) is 3.20. The van der Waals surface area contributed by atoms with Gasteiger partial charge in [-0.15, -0.1) is 0 Å². The molecule has 20 heavy (non-hydrogen) atoms. The molecule has 2 aromatic rings. The molecule has 1 atom stereocenters.